The SMILES string of the molecule is CCN(C)C(=O)NCCC1CCCN1. The molecular weight excluding hydrogens is 178 g/mol. The first-order chi connectivity index (χ1) is 6.74. The van der Waals surface area contributed by atoms with Crippen LogP contribution in [0.1, 0.15) is 26.2 Å². The van der Waals surface area contributed by atoms with E-state index in [1.54, 1.807) is 4.90 Å². The van der Waals surface area contributed by atoms with E-state index >= 15 is 0 Å². The lowest BCUT2D eigenvalue weighted by atomic mass is 10.1. The molecule has 1 fully saturated rings. The van der Waals surface area contributed by atoms with E-state index in [0.29, 0.717) is 6.04 Å². The molecule has 1 rings (SSSR count). The molecule has 1 saturated heterocycles. The average Bonchev–Trinajstić information content (AvgIpc) is 2.69. The minimum absolute atomic E-state index is 0.0329. The van der Waals surface area contributed by atoms with Crippen LogP contribution in [0.4, 0.5) is 4.79 Å². The van der Waals surface area contributed by atoms with Crippen LogP contribution in [0.15, 0.2) is 0 Å². The Morgan fingerprint density at radius 1 is 1.64 bits per heavy atom. The molecule has 0 bridgehead atoms. The summed E-state index contributed by atoms with van der Waals surface area (Å²) < 4.78 is 0. The third-order valence-electron chi connectivity index (χ3n) is 2.75. The molecule has 2 amide bonds. The maximum absolute atomic E-state index is 11.3. The molecule has 0 saturated carbocycles. The zero-order valence-electron chi connectivity index (χ0n) is 9.18. The molecule has 82 valence electrons. The van der Waals surface area contributed by atoms with Gasteiger partial charge in [0.05, 0.1) is 0 Å². The summed E-state index contributed by atoms with van der Waals surface area (Å²) in [4.78, 5) is 13.0. The van der Waals surface area contributed by atoms with Crippen LogP contribution < -0.4 is 10.6 Å². The van der Waals surface area contributed by atoms with Crippen LogP contribution >= 0.6 is 0 Å². The van der Waals surface area contributed by atoms with E-state index in [1.807, 2.05) is 14.0 Å². The molecule has 0 aromatic heterocycles. The van der Waals surface area contributed by atoms with Gasteiger partial charge in [0.2, 0.25) is 0 Å². The van der Waals surface area contributed by atoms with Gasteiger partial charge >= 0.3 is 6.03 Å². The van der Waals surface area contributed by atoms with Gasteiger partial charge < -0.3 is 15.5 Å². The van der Waals surface area contributed by atoms with Gasteiger partial charge in [-0.2, -0.15) is 0 Å². The van der Waals surface area contributed by atoms with Crippen molar-refractivity contribution in [3.63, 3.8) is 0 Å². The highest BCUT2D eigenvalue weighted by atomic mass is 16.2. The maximum Gasteiger partial charge on any atom is 0.317 e. The number of nitrogens with zero attached hydrogens (tertiary/aromatic N) is 1. The molecule has 0 aromatic rings. The summed E-state index contributed by atoms with van der Waals surface area (Å²) in [5, 5.41) is 6.32. The van der Waals surface area contributed by atoms with Gasteiger partial charge in [0, 0.05) is 26.2 Å². The predicted octanol–water partition coefficient (Wildman–Crippen LogP) is 0.790. The Morgan fingerprint density at radius 3 is 3.00 bits per heavy atom. The number of amides is 2. The first-order valence-electron chi connectivity index (χ1n) is 5.46. The van der Waals surface area contributed by atoms with Crippen molar-refractivity contribution >= 4 is 6.03 Å². The molecule has 4 nitrogen and oxygen atoms in total. The highest BCUT2D eigenvalue weighted by Gasteiger charge is 2.13. The van der Waals surface area contributed by atoms with E-state index in [4.69, 9.17) is 0 Å². The maximum atomic E-state index is 11.3. The fourth-order valence-electron chi connectivity index (χ4n) is 1.64. The van der Waals surface area contributed by atoms with E-state index < -0.39 is 0 Å². The summed E-state index contributed by atoms with van der Waals surface area (Å²) in [5.74, 6) is 0. The Balaban J connectivity index is 2.05. The second-order valence-electron chi connectivity index (χ2n) is 3.83. The Morgan fingerprint density at radius 2 is 2.43 bits per heavy atom. The summed E-state index contributed by atoms with van der Waals surface area (Å²) in [6, 6.07) is 0.646. The fraction of sp³-hybridized carbons (Fsp3) is 0.900. The number of carbonyl (C=O) groups excluding carboxylic acids is 1. The lowest BCUT2D eigenvalue weighted by Gasteiger charge is -2.16. The van der Waals surface area contributed by atoms with Crippen molar-refractivity contribution in [2.75, 3.05) is 26.7 Å². The van der Waals surface area contributed by atoms with Gasteiger partial charge in [-0.05, 0) is 32.7 Å². The third-order valence-corrected chi connectivity index (χ3v) is 2.75. The molecule has 4 heteroatoms. The monoisotopic (exact) mass is 199 g/mol. The minimum atomic E-state index is 0.0329. The van der Waals surface area contributed by atoms with Gasteiger partial charge in [0.15, 0.2) is 0 Å². The van der Waals surface area contributed by atoms with E-state index in [9.17, 15) is 4.79 Å². The summed E-state index contributed by atoms with van der Waals surface area (Å²) in [5.41, 5.74) is 0. The first kappa shape index (κ1) is 11.3. The van der Waals surface area contributed by atoms with Gasteiger partial charge in [0.25, 0.3) is 0 Å². The van der Waals surface area contributed by atoms with Crippen molar-refractivity contribution in [1.82, 2.24) is 15.5 Å². The molecule has 1 aliphatic heterocycles. The molecule has 0 radical (unpaired) electrons. The third kappa shape index (κ3) is 3.54. The molecule has 1 aliphatic rings. The first-order valence-corrected chi connectivity index (χ1v) is 5.46. The standard InChI is InChI=1S/C10H21N3O/c1-3-13(2)10(14)12-8-6-9-5-4-7-11-9/h9,11H,3-8H2,1-2H3,(H,12,14). The van der Waals surface area contributed by atoms with Crippen molar-refractivity contribution in [1.29, 1.82) is 0 Å². The topological polar surface area (TPSA) is 44.4 Å². The molecular formula is C10H21N3O. The van der Waals surface area contributed by atoms with Crippen LogP contribution in [0.25, 0.3) is 0 Å². The molecule has 0 aromatic carbocycles. The molecule has 2 N–H and O–H groups in total. The average molecular weight is 199 g/mol. The van der Waals surface area contributed by atoms with Gasteiger partial charge in [-0.1, -0.05) is 0 Å². The Kier molecular flexibility index (Phi) is 4.73. The van der Waals surface area contributed by atoms with E-state index in [0.717, 1.165) is 26.1 Å². The van der Waals surface area contributed by atoms with Gasteiger partial charge in [-0.25, -0.2) is 4.79 Å². The smallest absolute Gasteiger partial charge is 0.317 e. The van der Waals surface area contributed by atoms with Gasteiger partial charge in [0.1, 0.15) is 0 Å². The van der Waals surface area contributed by atoms with E-state index in [2.05, 4.69) is 10.6 Å². The number of hydrogen-bond donors (Lipinski definition) is 2. The minimum Gasteiger partial charge on any atom is -0.338 e. The number of rotatable bonds is 4. The number of urea groups is 1. The summed E-state index contributed by atoms with van der Waals surface area (Å²) in [6.07, 6.45) is 3.57. The second kappa shape index (κ2) is 5.86. The lowest BCUT2D eigenvalue weighted by molar-refractivity contribution is 0.210. The molecule has 1 heterocycles. The molecule has 14 heavy (non-hydrogen) atoms. The summed E-state index contributed by atoms with van der Waals surface area (Å²) in [6.45, 7) is 4.64. The summed E-state index contributed by atoms with van der Waals surface area (Å²) in [7, 11) is 1.81. The highest BCUT2D eigenvalue weighted by molar-refractivity contribution is 5.73. The van der Waals surface area contributed by atoms with Crippen molar-refractivity contribution in [2.24, 2.45) is 0 Å². The van der Waals surface area contributed by atoms with Crippen LogP contribution in [0.2, 0.25) is 0 Å². The van der Waals surface area contributed by atoms with Crippen molar-refractivity contribution < 1.29 is 4.79 Å². The molecule has 1 unspecified atom stereocenters. The Hall–Kier alpha value is -0.770. The zero-order chi connectivity index (χ0) is 10.4. The Labute approximate surface area is 86.0 Å². The number of hydrogen-bond acceptors (Lipinski definition) is 2. The number of nitrogens with one attached hydrogen (secondary N) is 2. The molecule has 1 atom stereocenters. The quantitative estimate of drug-likeness (QED) is 0.703. The van der Waals surface area contributed by atoms with Gasteiger partial charge in [-0.15, -0.1) is 0 Å². The van der Waals surface area contributed by atoms with Crippen LogP contribution in [0.5, 0.6) is 0 Å². The Bertz CT molecular complexity index is 178. The van der Waals surface area contributed by atoms with Crippen molar-refractivity contribution in [3.8, 4) is 0 Å². The van der Waals surface area contributed by atoms with Crippen LogP contribution in [-0.4, -0.2) is 43.7 Å². The predicted molar refractivity (Wildman–Crippen MR) is 57.3 cm³/mol. The summed E-state index contributed by atoms with van der Waals surface area (Å²) >= 11 is 0. The van der Waals surface area contributed by atoms with E-state index in [1.165, 1.54) is 12.8 Å². The van der Waals surface area contributed by atoms with Crippen LogP contribution in [0.3, 0.4) is 0 Å². The fourth-order valence-corrected chi connectivity index (χ4v) is 1.64. The second-order valence-corrected chi connectivity index (χ2v) is 3.83. The lowest BCUT2D eigenvalue weighted by Crippen LogP contribution is -2.39. The molecule has 0 spiro atoms. The molecule has 0 aliphatic carbocycles. The van der Waals surface area contributed by atoms with Crippen molar-refractivity contribution in [2.45, 2.75) is 32.2 Å². The van der Waals surface area contributed by atoms with Gasteiger partial charge in [-0.3, -0.25) is 0 Å². The van der Waals surface area contributed by atoms with Crippen LogP contribution in [0, 0.1) is 0 Å². The largest absolute Gasteiger partial charge is 0.338 e. The van der Waals surface area contributed by atoms with Crippen molar-refractivity contribution in [3.05, 3.63) is 0 Å². The van der Waals surface area contributed by atoms with E-state index in [-0.39, 0.29) is 6.03 Å². The highest BCUT2D eigenvalue weighted by Crippen LogP contribution is 2.07. The number of carbonyl (C=O) groups is 1. The normalized spacial score (nSPS) is 20.9. The van der Waals surface area contributed by atoms with Crippen LogP contribution in [-0.2, 0) is 0 Å². The zero-order valence-corrected chi connectivity index (χ0v) is 9.18.